The molecule has 5 N–H and O–H groups in total. The van der Waals surface area contributed by atoms with Crippen LogP contribution in [0, 0.1) is 5.41 Å². The molecule has 0 amide bonds. The number of nitrogens with two attached hydrogens (primary N) is 2. The van der Waals surface area contributed by atoms with Crippen LogP contribution >= 0.6 is 0 Å². The highest BCUT2D eigenvalue weighted by atomic mass is 15.5. The minimum absolute atomic E-state index is 0.0703. The van der Waals surface area contributed by atoms with Crippen molar-refractivity contribution in [3.05, 3.63) is 0 Å². The van der Waals surface area contributed by atoms with Crippen LogP contribution in [-0.2, 0) is 0 Å². The fourth-order valence-corrected chi connectivity index (χ4v) is 1.44. The Morgan fingerprint density at radius 2 is 1.93 bits per heavy atom. The van der Waals surface area contributed by atoms with Crippen LogP contribution < -0.4 is 11.6 Å². The molecule has 6 heteroatoms. The Hall–Kier alpha value is -0.850. The van der Waals surface area contributed by atoms with Crippen LogP contribution in [0.15, 0.2) is 0 Å². The van der Waals surface area contributed by atoms with Crippen molar-refractivity contribution in [2.45, 2.75) is 0 Å². The normalized spacial score (nSPS) is 19.6. The number of piperazine rings is 1. The smallest absolute Gasteiger partial charge is 0.202 e. The topological polar surface area (TPSA) is 85.6 Å². The first kappa shape index (κ1) is 11.2. The highest BCUT2D eigenvalue weighted by Gasteiger charge is 2.13. The third-order valence-corrected chi connectivity index (χ3v) is 2.56. The lowest BCUT2D eigenvalue weighted by molar-refractivity contribution is 0.146. The summed E-state index contributed by atoms with van der Waals surface area (Å²) in [5.41, 5.74) is 5.23. The number of nitrogens with one attached hydrogen (secondary N) is 1. The Kier molecular flexibility index (Phi) is 4.12. The number of rotatable bonds is 3. The maximum atomic E-state index is 7.10. The minimum Gasteiger partial charge on any atom is -0.369 e. The average Bonchev–Trinajstić information content (AvgIpc) is 2.16. The quantitative estimate of drug-likeness (QED) is 0.219. The molecular weight excluding hydrogens is 180 g/mol. The van der Waals surface area contributed by atoms with Crippen molar-refractivity contribution in [1.82, 2.24) is 14.8 Å². The van der Waals surface area contributed by atoms with Crippen LogP contribution in [0.1, 0.15) is 0 Å². The van der Waals surface area contributed by atoms with Crippen LogP contribution in [0.4, 0.5) is 0 Å². The van der Waals surface area contributed by atoms with Gasteiger partial charge in [0, 0.05) is 39.3 Å². The van der Waals surface area contributed by atoms with Gasteiger partial charge >= 0.3 is 0 Å². The summed E-state index contributed by atoms with van der Waals surface area (Å²) in [7, 11) is 2.13. The lowest BCUT2D eigenvalue weighted by atomic mass is 10.3. The highest BCUT2D eigenvalue weighted by molar-refractivity contribution is 5.73. The van der Waals surface area contributed by atoms with Crippen molar-refractivity contribution in [3.63, 3.8) is 0 Å². The lowest BCUT2D eigenvalue weighted by Gasteiger charge is -2.33. The second kappa shape index (κ2) is 5.14. The second-order valence-corrected chi connectivity index (χ2v) is 3.72. The van der Waals surface area contributed by atoms with E-state index in [4.69, 9.17) is 17.0 Å². The summed E-state index contributed by atoms with van der Waals surface area (Å²) in [6, 6.07) is 0. The van der Waals surface area contributed by atoms with E-state index < -0.39 is 0 Å². The zero-order valence-corrected chi connectivity index (χ0v) is 8.74. The Bertz CT molecular complexity index is 186. The molecule has 6 nitrogen and oxygen atoms in total. The Balaban J connectivity index is 2.16. The Morgan fingerprint density at radius 3 is 2.43 bits per heavy atom. The van der Waals surface area contributed by atoms with Gasteiger partial charge in [-0.1, -0.05) is 0 Å². The summed E-state index contributed by atoms with van der Waals surface area (Å²) < 4.78 is 0. The van der Waals surface area contributed by atoms with Crippen molar-refractivity contribution >= 4 is 5.96 Å². The van der Waals surface area contributed by atoms with Crippen molar-refractivity contribution in [3.8, 4) is 0 Å². The van der Waals surface area contributed by atoms with Crippen molar-refractivity contribution in [2.75, 3.05) is 46.3 Å². The van der Waals surface area contributed by atoms with E-state index in [9.17, 15) is 0 Å². The largest absolute Gasteiger partial charge is 0.369 e. The first-order valence-corrected chi connectivity index (χ1v) is 4.87. The summed E-state index contributed by atoms with van der Waals surface area (Å²) in [5.74, 6) is 5.44. The second-order valence-electron chi connectivity index (χ2n) is 3.72. The van der Waals surface area contributed by atoms with E-state index >= 15 is 0 Å². The van der Waals surface area contributed by atoms with Gasteiger partial charge in [-0.15, -0.1) is 0 Å². The van der Waals surface area contributed by atoms with Crippen molar-refractivity contribution in [2.24, 2.45) is 11.6 Å². The predicted molar refractivity (Wildman–Crippen MR) is 56.7 cm³/mol. The molecule has 0 spiro atoms. The van der Waals surface area contributed by atoms with Crippen LogP contribution in [0.2, 0.25) is 0 Å². The molecule has 0 saturated carbocycles. The van der Waals surface area contributed by atoms with Crippen molar-refractivity contribution in [1.29, 1.82) is 5.41 Å². The number of likely N-dealkylation sites (N-methyl/N-ethyl adjacent to an activating group) is 1. The molecule has 14 heavy (non-hydrogen) atoms. The molecule has 82 valence electrons. The van der Waals surface area contributed by atoms with Crippen LogP contribution in [0.25, 0.3) is 0 Å². The molecule has 1 heterocycles. The summed E-state index contributed by atoms with van der Waals surface area (Å²) in [6.07, 6.45) is 0. The fraction of sp³-hybridized carbons (Fsp3) is 0.875. The summed E-state index contributed by atoms with van der Waals surface area (Å²) >= 11 is 0. The predicted octanol–water partition coefficient (Wildman–Crippen LogP) is -1.70. The molecule has 0 aromatic heterocycles. The van der Waals surface area contributed by atoms with Crippen LogP contribution in [0.5, 0.6) is 0 Å². The maximum Gasteiger partial charge on any atom is 0.202 e. The van der Waals surface area contributed by atoms with Gasteiger partial charge in [0.15, 0.2) is 0 Å². The zero-order chi connectivity index (χ0) is 10.6. The minimum atomic E-state index is -0.0703. The molecule has 1 rings (SSSR count). The summed E-state index contributed by atoms with van der Waals surface area (Å²) in [6.45, 7) is 5.85. The van der Waals surface area contributed by atoms with Gasteiger partial charge in [0.05, 0.1) is 0 Å². The molecule has 0 aromatic carbocycles. The van der Waals surface area contributed by atoms with E-state index in [0.717, 1.165) is 32.7 Å². The number of hydrogen-bond acceptors (Lipinski definition) is 4. The molecule has 1 aliphatic rings. The summed E-state index contributed by atoms with van der Waals surface area (Å²) in [4.78, 5) is 4.64. The molecule has 0 radical (unpaired) electrons. The van der Waals surface area contributed by atoms with Gasteiger partial charge in [-0.25, -0.2) is 5.84 Å². The number of guanidine groups is 1. The molecule has 1 fully saturated rings. The molecule has 0 aliphatic carbocycles. The lowest BCUT2D eigenvalue weighted by Crippen LogP contribution is -2.50. The standard InChI is InChI=1S/C8H20N6/c1-12-2-4-13(5-3-12)6-7-14(11)8(9)10/h2-7,11H2,1H3,(H3,9,10). The monoisotopic (exact) mass is 200 g/mol. The van der Waals surface area contributed by atoms with Gasteiger partial charge in [-0.05, 0) is 7.05 Å². The Morgan fingerprint density at radius 1 is 1.36 bits per heavy atom. The van der Waals surface area contributed by atoms with Gasteiger partial charge < -0.3 is 10.6 Å². The van der Waals surface area contributed by atoms with Gasteiger partial charge in [0.1, 0.15) is 0 Å². The van der Waals surface area contributed by atoms with E-state index in [2.05, 4.69) is 16.8 Å². The average molecular weight is 200 g/mol. The SMILES string of the molecule is CN1CCN(CCN(N)C(=N)N)CC1. The maximum absolute atomic E-state index is 7.10. The number of nitrogens with zero attached hydrogens (tertiary/aromatic N) is 3. The first-order chi connectivity index (χ1) is 6.59. The molecule has 0 bridgehead atoms. The van der Waals surface area contributed by atoms with Gasteiger partial charge in [0.25, 0.3) is 0 Å². The van der Waals surface area contributed by atoms with E-state index in [0.29, 0.717) is 6.54 Å². The van der Waals surface area contributed by atoms with E-state index in [1.165, 1.54) is 5.01 Å². The van der Waals surface area contributed by atoms with E-state index in [1.54, 1.807) is 0 Å². The third kappa shape index (κ3) is 3.49. The zero-order valence-electron chi connectivity index (χ0n) is 8.74. The molecule has 1 saturated heterocycles. The molecule has 1 aliphatic heterocycles. The van der Waals surface area contributed by atoms with Gasteiger partial charge in [-0.2, -0.15) is 0 Å². The van der Waals surface area contributed by atoms with Gasteiger partial charge in [0.2, 0.25) is 5.96 Å². The highest BCUT2D eigenvalue weighted by Crippen LogP contribution is 1.98. The summed E-state index contributed by atoms with van der Waals surface area (Å²) in [5, 5.41) is 8.38. The molecular formula is C8H20N6. The van der Waals surface area contributed by atoms with E-state index in [-0.39, 0.29) is 5.96 Å². The third-order valence-electron chi connectivity index (χ3n) is 2.56. The van der Waals surface area contributed by atoms with E-state index in [1.807, 2.05) is 0 Å². The Labute approximate surface area is 84.9 Å². The first-order valence-electron chi connectivity index (χ1n) is 4.87. The molecule has 0 unspecified atom stereocenters. The molecule has 0 aromatic rings. The van der Waals surface area contributed by atoms with Crippen LogP contribution in [-0.4, -0.2) is 67.1 Å². The number of hydrazine groups is 1. The fourth-order valence-electron chi connectivity index (χ4n) is 1.44. The molecule has 0 atom stereocenters. The number of hydrogen-bond donors (Lipinski definition) is 3. The van der Waals surface area contributed by atoms with Crippen molar-refractivity contribution < 1.29 is 0 Å². The van der Waals surface area contributed by atoms with Gasteiger partial charge in [-0.3, -0.25) is 15.3 Å². The van der Waals surface area contributed by atoms with Crippen LogP contribution in [0.3, 0.4) is 0 Å².